The van der Waals surface area contributed by atoms with Gasteiger partial charge in [0.1, 0.15) is 17.9 Å². The zero-order valence-corrected chi connectivity index (χ0v) is 22.3. The van der Waals surface area contributed by atoms with Crippen molar-refractivity contribution in [3.63, 3.8) is 0 Å². The highest BCUT2D eigenvalue weighted by molar-refractivity contribution is 6.06. The van der Waals surface area contributed by atoms with Gasteiger partial charge < -0.3 is 15.1 Å². The van der Waals surface area contributed by atoms with Gasteiger partial charge in [0.15, 0.2) is 0 Å². The van der Waals surface area contributed by atoms with Gasteiger partial charge in [0.05, 0.1) is 17.0 Å². The monoisotopic (exact) mass is 546 g/mol. The number of amides is 3. The number of fused-ring (bicyclic) bond motifs is 1. The number of rotatable bonds is 8. The Morgan fingerprint density at radius 1 is 1.10 bits per heavy atom. The number of carbonyl (C=O) groups is 3. The number of anilines is 1. The zero-order valence-electron chi connectivity index (χ0n) is 22.3. The van der Waals surface area contributed by atoms with Crippen LogP contribution in [0, 0.1) is 23.1 Å². The van der Waals surface area contributed by atoms with Gasteiger partial charge in [0.2, 0.25) is 11.8 Å². The van der Waals surface area contributed by atoms with Gasteiger partial charge >= 0.3 is 6.18 Å². The molecule has 2 aromatic rings. The highest BCUT2D eigenvalue weighted by atomic mass is 19.4. The maximum absolute atomic E-state index is 13.8. The van der Waals surface area contributed by atoms with E-state index in [1.807, 2.05) is 0 Å². The van der Waals surface area contributed by atoms with E-state index in [1.165, 1.54) is 19.0 Å². The van der Waals surface area contributed by atoms with Gasteiger partial charge in [0, 0.05) is 25.3 Å². The van der Waals surface area contributed by atoms with Crippen LogP contribution >= 0.6 is 0 Å². The Hall–Kier alpha value is -3.94. The summed E-state index contributed by atoms with van der Waals surface area (Å²) in [5.74, 6) is -3.45. The van der Waals surface area contributed by atoms with Gasteiger partial charge in [-0.2, -0.15) is 18.4 Å². The Labute approximate surface area is 224 Å². The SMILES string of the molecule is CC(C)C[C@@H](C(=O)N(C)[C@H](C#N)C[C@@]1(C)C(=O)Nc2ccccc21)N(C)C(=O)c1ccc(F)c(C(F)(F)F)c1. The molecule has 1 aliphatic rings. The normalized spacial score (nSPS) is 18.1. The van der Waals surface area contributed by atoms with Crippen LogP contribution in [0.2, 0.25) is 0 Å². The molecule has 1 aliphatic heterocycles. The van der Waals surface area contributed by atoms with Crippen LogP contribution in [0.15, 0.2) is 42.5 Å². The topological polar surface area (TPSA) is 93.5 Å². The van der Waals surface area contributed by atoms with Crippen LogP contribution < -0.4 is 5.32 Å². The van der Waals surface area contributed by atoms with Crippen LogP contribution in [0.4, 0.5) is 23.2 Å². The average molecular weight is 547 g/mol. The molecule has 0 saturated heterocycles. The summed E-state index contributed by atoms with van der Waals surface area (Å²) >= 11 is 0. The van der Waals surface area contributed by atoms with E-state index in [0.717, 1.165) is 11.0 Å². The fourth-order valence-corrected chi connectivity index (χ4v) is 4.79. The molecule has 1 heterocycles. The van der Waals surface area contributed by atoms with Gasteiger partial charge in [-0.3, -0.25) is 14.4 Å². The van der Waals surface area contributed by atoms with Crippen molar-refractivity contribution in [2.24, 2.45) is 5.92 Å². The molecule has 208 valence electrons. The minimum atomic E-state index is -5.01. The van der Waals surface area contributed by atoms with Crippen LogP contribution in [0.1, 0.15) is 55.1 Å². The van der Waals surface area contributed by atoms with E-state index < -0.39 is 52.4 Å². The first-order valence-electron chi connectivity index (χ1n) is 12.3. The average Bonchev–Trinajstić information content (AvgIpc) is 3.13. The summed E-state index contributed by atoms with van der Waals surface area (Å²) in [5, 5.41) is 12.8. The number of halogens is 4. The minimum Gasteiger partial charge on any atom is -0.330 e. The molecule has 0 unspecified atom stereocenters. The lowest BCUT2D eigenvalue weighted by molar-refractivity contribution is -0.140. The maximum Gasteiger partial charge on any atom is 0.419 e. The Bertz CT molecular complexity index is 1320. The summed E-state index contributed by atoms with van der Waals surface area (Å²) in [7, 11) is 2.67. The molecule has 3 rings (SSSR count). The Morgan fingerprint density at radius 3 is 2.33 bits per heavy atom. The highest BCUT2D eigenvalue weighted by Gasteiger charge is 2.46. The van der Waals surface area contributed by atoms with Crippen LogP contribution in [0.25, 0.3) is 0 Å². The Kier molecular flexibility index (Phi) is 8.39. The van der Waals surface area contributed by atoms with Crippen LogP contribution in [-0.4, -0.2) is 53.7 Å². The third-order valence-electron chi connectivity index (χ3n) is 7.12. The molecule has 0 aliphatic carbocycles. The first-order chi connectivity index (χ1) is 18.1. The van der Waals surface area contributed by atoms with Gasteiger partial charge in [-0.25, -0.2) is 4.39 Å². The summed E-state index contributed by atoms with van der Waals surface area (Å²) < 4.78 is 53.4. The van der Waals surface area contributed by atoms with Crippen molar-refractivity contribution in [3.05, 3.63) is 65.0 Å². The standard InChI is InChI=1S/C28H30F4N4O3/c1-16(2)12-23(36(5)24(37)17-10-11-21(29)20(13-17)28(30,31)32)25(38)35(4)18(15-33)14-27(3)19-8-6-7-9-22(19)34-26(27)39/h6-11,13,16,18,23H,12,14H2,1-5H3,(H,34,39)/t18-,23-,27+/m0/s1. The second kappa shape index (κ2) is 11.0. The van der Waals surface area contributed by atoms with Crippen LogP contribution in [-0.2, 0) is 21.2 Å². The molecular formula is C28H30F4N4O3. The largest absolute Gasteiger partial charge is 0.419 e. The van der Waals surface area contributed by atoms with E-state index in [9.17, 15) is 37.2 Å². The number of hydrogen-bond acceptors (Lipinski definition) is 4. The van der Waals surface area contributed by atoms with Crippen LogP contribution in [0.3, 0.4) is 0 Å². The summed E-state index contributed by atoms with van der Waals surface area (Å²) in [6.07, 6.45) is -4.88. The fraction of sp³-hybridized carbons (Fsp3) is 0.429. The number of alkyl halides is 3. The van der Waals surface area contributed by atoms with Crippen molar-refractivity contribution >= 4 is 23.4 Å². The van der Waals surface area contributed by atoms with Crippen molar-refractivity contribution < 1.29 is 31.9 Å². The van der Waals surface area contributed by atoms with E-state index in [1.54, 1.807) is 45.0 Å². The van der Waals surface area contributed by atoms with Crippen molar-refractivity contribution in [1.29, 1.82) is 5.26 Å². The smallest absolute Gasteiger partial charge is 0.330 e. The predicted octanol–water partition coefficient (Wildman–Crippen LogP) is 4.98. The van der Waals surface area contributed by atoms with E-state index in [2.05, 4.69) is 11.4 Å². The van der Waals surface area contributed by atoms with Gasteiger partial charge in [-0.15, -0.1) is 0 Å². The van der Waals surface area contributed by atoms with E-state index in [-0.39, 0.29) is 24.7 Å². The fourth-order valence-electron chi connectivity index (χ4n) is 4.79. The van der Waals surface area contributed by atoms with Crippen molar-refractivity contribution in [2.75, 3.05) is 19.4 Å². The molecule has 1 N–H and O–H groups in total. The number of nitrogens with zero attached hydrogens (tertiary/aromatic N) is 3. The molecule has 0 aromatic heterocycles. The second-order valence-electron chi connectivity index (χ2n) is 10.4. The summed E-state index contributed by atoms with van der Waals surface area (Å²) in [6, 6.07) is 8.86. The van der Waals surface area contributed by atoms with Crippen molar-refractivity contribution in [3.8, 4) is 6.07 Å². The lowest BCUT2D eigenvalue weighted by atomic mass is 9.78. The molecule has 7 nitrogen and oxygen atoms in total. The zero-order chi connectivity index (χ0) is 29.3. The van der Waals surface area contributed by atoms with Crippen LogP contribution in [0.5, 0.6) is 0 Å². The van der Waals surface area contributed by atoms with Gasteiger partial charge in [0.25, 0.3) is 5.91 Å². The van der Waals surface area contributed by atoms with Gasteiger partial charge in [-0.1, -0.05) is 32.0 Å². The molecule has 11 heteroatoms. The molecule has 0 fully saturated rings. The number of benzene rings is 2. The third-order valence-corrected chi connectivity index (χ3v) is 7.12. The van der Waals surface area contributed by atoms with Crippen molar-refractivity contribution in [1.82, 2.24) is 9.80 Å². The summed E-state index contributed by atoms with van der Waals surface area (Å²) in [5.41, 5.74) is -1.80. The first kappa shape index (κ1) is 29.6. The van der Waals surface area contributed by atoms with E-state index in [0.29, 0.717) is 23.4 Å². The molecule has 39 heavy (non-hydrogen) atoms. The Morgan fingerprint density at radius 2 is 1.74 bits per heavy atom. The van der Waals surface area contributed by atoms with Gasteiger partial charge in [-0.05, 0) is 55.5 Å². The molecule has 0 bridgehead atoms. The Balaban J connectivity index is 1.89. The highest BCUT2D eigenvalue weighted by Crippen LogP contribution is 2.41. The number of hydrogen-bond donors (Lipinski definition) is 1. The van der Waals surface area contributed by atoms with E-state index >= 15 is 0 Å². The first-order valence-corrected chi connectivity index (χ1v) is 12.3. The number of para-hydroxylation sites is 1. The molecule has 2 aromatic carbocycles. The summed E-state index contributed by atoms with van der Waals surface area (Å²) in [6.45, 7) is 5.30. The number of carbonyl (C=O) groups excluding carboxylic acids is 3. The molecular weight excluding hydrogens is 516 g/mol. The molecule has 0 radical (unpaired) electrons. The second-order valence-corrected chi connectivity index (χ2v) is 10.4. The number of nitriles is 1. The van der Waals surface area contributed by atoms with E-state index in [4.69, 9.17) is 0 Å². The maximum atomic E-state index is 13.8. The quantitative estimate of drug-likeness (QED) is 0.473. The molecule has 3 amide bonds. The minimum absolute atomic E-state index is 0.0203. The molecule has 0 spiro atoms. The predicted molar refractivity (Wildman–Crippen MR) is 136 cm³/mol. The number of likely N-dealkylation sites (N-methyl/N-ethyl adjacent to an activating group) is 2. The lowest BCUT2D eigenvalue weighted by Crippen LogP contribution is -2.52. The molecule has 0 saturated carbocycles. The lowest BCUT2D eigenvalue weighted by Gasteiger charge is -2.35. The molecule has 3 atom stereocenters. The number of nitrogens with one attached hydrogen (secondary N) is 1. The third kappa shape index (κ3) is 5.90. The summed E-state index contributed by atoms with van der Waals surface area (Å²) in [4.78, 5) is 41.9. The van der Waals surface area contributed by atoms with Crippen molar-refractivity contribution in [2.45, 2.75) is 57.3 Å².